The summed E-state index contributed by atoms with van der Waals surface area (Å²) in [5, 5.41) is 1.24. The van der Waals surface area contributed by atoms with Gasteiger partial charge in [0.2, 0.25) is 0 Å². The van der Waals surface area contributed by atoms with Gasteiger partial charge in [-0.05, 0) is 59.4 Å². The van der Waals surface area contributed by atoms with Crippen molar-refractivity contribution >= 4 is 65.7 Å². The fourth-order valence-corrected chi connectivity index (χ4v) is 7.50. The molecule has 0 bridgehead atoms. The van der Waals surface area contributed by atoms with Gasteiger partial charge in [0.1, 0.15) is 0 Å². The minimum Gasteiger partial charge on any atom is -0.194 e. The number of benzene rings is 2. The summed E-state index contributed by atoms with van der Waals surface area (Å²) in [6, 6.07) is 17.2. The summed E-state index contributed by atoms with van der Waals surface area (Å²) < 4.78 is 91.6. The maximum absolute atomic E-state index is 15.4. The summed E-state index contributed by atoms with van der Waals surface area (Å²) in [5.41, 5.74) is 0.154. The Hall–Kier alpha value is -1.88. The number of rotatable bonds is 6. The van der Waals surface area contributed by atoms with Gasteiger partial charge in [0.25, 0.3) is 0 Å². The summed E-state index contributed by atoms with van der Waals surface area (Å²) in [7, 11) is 0. The SMILES string of the molecule is Cc1sc(-c2ccc(CBr)cc2)cc1C1=C(c2cc(-c3ccc(CBr)cc3)sc2C)C(F)(F)C(F)(F)C1(F)F. The zero-order chi connectivity index (χ0) is 28.3. The molecule has 204 valence electrons. The van der Waals surface area contributed by atoms with E-state index in [2.05, 4.69) is 31.9 Å². The molecule has 0 radical (unpaired) electrons. The lowest BCUT2D eigenvalue weighted by Gasteiger charge is -2.25. The van der Waals surface area contributed by atoms with Gasteiger partial charge in [-0.15, -0.1) is 22.7 Å². The predicted molar refractivity (Wildman–Crippen MR) is 156 cm³/mol. The monoisotopic (exact) mass is 704 g/mol. The van der Waals surface area contributed by atoms with Crippen molar-refractivity contribution < 1.29 is 26.3 Å². The van der Waals surface area contributed by atoms with Crippen LogP contribution in [0.1, 0.15) is 32.0 Å². The number of hydrogen-bond donors (Lipinski definition) is 0. The van der Waals surface area contributed by atoms with Crippen LogP contribution in [0.4, 0.5) is 26.3 Å². The minimum atomic E-state index is -5.59. The third-order valence-electron chi connectivity index (χ3n) is 6.83. The molecule has 0 unspecified atom stereocenters. The first-order valence-corrected chi connectivity index (χ1v) is 15.6. The second-order valence-electron chi connectivity index (χ2n) is 9.30. The molecule has 4 aromatic rings. The fraction of sp³-hybridized carbons (Fsp3) is 0.241. The van der Waals surface area contributed by atoms with Crippen LogP contribution in [0.15, 0.2) is 60.7 Å². The average molecular weight is 706 g/mol. The van der Waals surface area contributed by atoms with Gasteiger partial charge in [0.05, 0.1) is 0 Å². The van der Waals surface area contributed by atoms with E-state index >= 15 is 17.6 Å². The molecule has 0 aliphatic heterocycles. The second-order valence-corrected chi connectivity index (χ2v) is 12.9. The summed E-state index contributed by atoms with van der Waals surface area (Å²) >= 11 is 8.93. The third kappa shape index (κ3) is 4.55. The van der Waals surface area contributed by atoms with E-state index in [0.717, 1.165) is 33.8 Å². The van der Waals surface area contributed by atoms with E-state index in [1.54, 1.807) is 24.3 Å². The molecule has 0 fully saturated rings. The standard InChI is InChI=1S/C29H20Br2F6S2/c1-15-21(11-23(38-15)19-7-3-17(13-30)4-8-19)25-26(28(34,35)29(36,37)27(25,32)33)22-12-24(39-16(22)2)20-9-5-18(14-31)6-10-20/h3-12H,13-14H2,1-2H3. The van der Waals surface area contributed by atoms with Crippen LogP contribution in [-0.4, -0.2) is 17.8 Å². The Morgan fingerprint density at radius 1 is 0.590 bits per heavy atom. The zero-order valence-electron chi connectivity index (χ0n) is 20.5. The third-order valence-corrected chi connectivity index (χ3v) is 10.3. The Morgan fingerprint density at radius 3 is 1.23 bits per heavy atom. The Balaban J connectivity index is 1.72. The summed E-state index contributed by atoms with van der Waals surface area (Å²) in [6.45, 7) is 2.98. The van der Waals surface area contributed by atoms with Gasteiger partial charge in [0, 0.05) is 41.3 Å². The number of thiophene rings is 2. The van der Waals surface area contributed by atoms with Crippen LogP contribution in [0.25, 0.3) is 32.0 Å². The van der Waals surface area contributed by atoms with Crippen molar-refractivity contribution in [2.75, 3.05) is 0 Å². The van der Waals surface area contributed by atoms with Crippen molar-refractivity contribution in [1.82, 2.24) is 0 Å². The molecule has 10 heteroatoms. The highest BCUT2D eigenvalue weighted by Gasteiger charge is 2.80. The molecule has 0 saturated heterocycles. The predicted octanol–water partition coefficient (Wildman–Crippen LogP) is 11.4. The molecule has 39 heavy (non-hydrogen) atoms. The summed E-state index contributed by atoms with van der Waals surface area (Å²) in [5.74, 6) is -15.8. The quantitative estimate of drug-likeness (QED) is 0.138. The highest BCUT2D eigenvalue weighted by Crippen LogP contribution is 2.66. The van der Waals surface area contributed by atoms with E-state index in [-0.39, 0.29) is 20.9 Å². The molecule has 5 rings (SSSR count). The highest BCUT2D eigenvalue weighted by molar-refractivity contribution is 9.08. The molecule has 2 aromatic heterocycles. The molecule has 2 heterocycles. The normalized spacial score (nSPS) is 17.7. The van der Waals surface area contributed by atoms with E-state index in [0.29, 0.717) is 31.5 Å². The van der Waals surface area contributed by atoms with Crippen molar-refractivity contribution in [3.63, 3.8) is 0 Å². The van der Waals surface area contributed by atoms with Crippen LogP contribution in [0.2, 0.25) is 0 Å². The van der Waals surface area contributed by atoms with E-state index in [9.17, 15) is 8.78 Å². The second kappa shape index (κ2) is 10.2. The number of halogens is 8. The molecule has 0 nitrogen and oxygen atoms in total. The minimum absolute atomic E-state index is 0.258. The van der Waals surface area contributed by atoms with Crippen LogP contribution < -0.4 is 0 Å². The summed E-state index contributed by atoms with van der Waals surface area (Å²) in [6.07, 6.45) is 0. The van der Waals surface area contributed by atoms with Gasteiger partial charge in [-0.1, -0.05) is 80.4 Å². The van der Waals surface area contributed by atoms with Gasteiger partial charge >= 0.3 is 17.8 Å². The van der Waals surface area contributed by atoms with E-state index in [1.807, 2.05) is 24.3 Å². The van der Waals surface area contributed by atoms with Crippen molar-refractivity contribution in [1.29, 1.82) is 0 Å². The molecular weight excluding hydrogens is 686 g/mol. The van der Waals surface area contributed by atoms with Crippen molar-refractivity contribution in [2.45, 2.75) is 42.3 Å². The van der Waals surface area contributed by atoms with Crippen molar-refractivity contribution in [3.05, 3.63) is 92.7 Å². The van der Waals surface area contributed by atoms with Gasteiger partial charge in [-0.3, -0.25) is 0 Å². The first kappa shape index (κ1) is 28.6. The zero-order valence-corrected chi connectivity index (χ0v) is 25.3. The Labute approximate surface area is 246 Å². The molecule has 0 amide bonds. The first-order chi connectivity index (χ1) is 18.3. The van der Waals surface area contributed by atoms with Crippen LogP contribution in [0, 0.1) is 13.8 Å². The maximum Gasteiger partial charge on any atom is 0.380 e. The van der Waals surface area contributed by atoms with Crippen LogP contribution in [0.5, 0.6) is 0 Å². The number of allylic oxidation sites excluding steroid dienone is 2. The molecule has 1 aliphatic rings. The molecule has 1 aliphatic carbocycles. The maximum atomic E-state index is 15.4. The van der Waals surface area contributed by atoms with Gasteiger partial charge in [-0.25, -0.2) is 0 Å². The molecule has 0 N–H and O–H groups in total. The highest BCUT2D eigenvalue weighted by atomic mass is 79.9. The Morgan fingerprint density at radius 2 is 0.923 bits per heavy atom. The Kier molecular flexibility index (Phi) is 7.48. The number of aryl methyl sites for hydroxylation is 2. The van der Waals surface area contributed by atoms with Crippen LogP contribution in [-0.2, 0) is 10.7 Å². The van der Waals surface area contributed by atoms with E-state index in [1.165, 1.54) is 26.0 Å². The Bertz CT molecular complexity index is 1450. The van der Waals surface area contributed by atoms with E-state index < -0.39 is 28.9 Å². The van der Waals surface area contributed by atoms with Gasteiger partial charge < -0.3 is 0 Å². The smallest absolute Gasteiger partial charge is 0.194 e. The molecule has 2 aromatic carbocycles. The van der Waals surface area contributed by atoms with Crippen LogP contribution >= 0.6 is 54.5 Å². The molecule has 0 atom stereocenters. The largest absolute Gasteiger partial charge is 0.380 e. The topological polar surface area (TPSA) is 0 Å². The lowest BCUT2D eigenvalue weighted by molar-refractivity contribution is -0.254. The number of hydrogen-bond acceptors (Lipinski definition) is 2. The molecular formula is C29H20Br2F6S2. The van der Waals surface area contributed by atoms with Crippen LogP contribution in [0.3, 0.4) is 0 Å². The molecule has 0 spiro atoms. The lowest BCUT2D eigenvalue weighted by Crippen LogP contribution is -2.48. The molecule has 0 saturated carbocycles. The van der Waals surface area contributed by atoms with Gasteiger partial charge in [0.15, 0.2) is 0 Å². The van der Waals surface area contributed by atoms with E-state index in [4.69, 9.17) is 0 Å². The van der Waals surface area contributed by atoms with Gasteiger partial charge in [-0.2, -0.15) is 26.3 Å². The van der Waals surface area contributed by atoms with Crippen molar-refractivity contribution in [3.8, 4) is 20.9 Å². The lowest BCUT2D eigenvalue weighted by atomic mass is 9.94. The van der Waals surface area contributed by atoms with Crippen molar-refractivity contribution in [2.24, 2.45) is 0 Å². The average Bonchev–Trinajstić information content (AvgIpc) is 3.51. The summed E-state index contributed by atoms with van der Waals surface area (Å²) in [4.78, 5) is 1.57. The first-order valence-electron chi connectivity index (χ1n) is 11.7. The fourth-order valence-electron chi connectivity index (χ4n) is 4.69. The number of alkyl halides is 8.